The summed E-state index contributed by atoms with van der Waals surface area (Å²) in [4.78, 5) is 33.5. The highest BCUT2D eigenvalue weighted by atomic mass is 16.5. The number of aryl methyl sites for hydroxylation is 1. The quantitative estimate of drug-likeness (QED) is 0.804. The lowest BCUT2D eigenvalue weighted by atomic mass is 10.1. The Hall–Kier alpha value is -2.67. The van der Waals surface area contributed by atoms with Gasteiger partial charge in [-0.25, -0.2) is 4.98 Å². The van der Waals surface area contributed by atoms with E-state index in [0.717, 1.165) is 30.8 Å². The molecule has 27 heavy (non-hydrogen) atoms. The molecule has 3 rings (SSSR count). The lowest BCUT2D eigenvalue weighted by Crippen LogP contribution is -2.41. The molecule has 1 N–H and O–H groups in total. The third-order valence-electron chi connectivity index (χ3n) is 4.72. The number of nitrogens with zero attached hydrogens (tertiary/aromatic N) is 2. The van der Waals surface area contributed by atoms with Gasteiger partial charge in [-0.3, -0.25) is 9.59 Å². The number of aromatic amines is 1. The van der Waals surface area contributed by atoms with Gasteiger partial charge in [-0.1, -0.05) is 12.1 Å². The molecule has 0 spiro atoms. The summed E-state index contributed by atoms with van der Waals surface area (Å²) < 4.78 is 10.9. The van der Waals surface area contributed by atoms with E-state index < -0.39 is 5.56 Å². The Morgan fingerprint density at radius 1 is 1.37 bits per heavy atom. The molecule has 0 aliphatic carbocycles. The Morgan fingerprint density at radius 2 is 2.15 bits per heavy atom. The third kappa shape index (κ3) is 4.95. The monoisotopic (exact) mass is 371 g/mol. The highest BCUT2D eigenvalue weighted by molar-refractivity contribution is 5.93. The zero-order valence-corrected chi connectivity index (χ0v) is 15.7. The first-order valence-electron chi connectivity index (χ1n) is 9.16. The second kappa shape index (κ2) is 8.81. The van der Waals surface area contributed by atoms with E-state index in [1.165, 1.54) is 6.20 Å². The number of aromatic nitrogens is 2. The van der Waals surface area contributed by atoms with Gasteiger partial charge in [0.1, 0.15) is 17.1 Å². The fourth-order valence-electron chi connectivity index (χ4n) is 3.17. The Balaban J connectivity index is 1.74. The lowest BCUT2D eigenvalue weighted by molar-refractivity contribution is 0.0527. The normalized spacial score (nSPS) is 16.3. The van der Waals surface area contributed by atoms with E-state index in [4.69, 9.17) is 9.47 Å². The molecule has 1 atom stereocenters. The maximum atomic E-state index is 13.0. The largest absolute Gasteiger partial charge is 0.497 e. The number of carbonyl (C=O) groups excluding carboxylic acids is 1. The first-order valence-corrected chi connectivity index (χ1v) is 9.16. The zero-order valence-electron chi connectivity index (χ0n) is 15.7. The first-order chi connectivity index (χ1) is 13.1. The van der Waals surface area contributed by atoms with Gasteiger partial charge >= 0.3 is 0 Å². The number of carbonyl (C=O) groups is 1. The van der Waals surface area contributed by atoms with Crippen LogP contribution in [0.25, 0.3) is 0 Å². The van der Waals surface area contributed by atoms with Crippen molar-refractivity contribution >= 4 is 5.91 Å². The van der Waals surface area contributed by atoms with E-state index >= 15 is 0 Å². The van der Waals surface area contributed by atoms with Gasteiger partial charge in [-0.05, 0) is 43.9 Å². The molecule has 1 saturated heterocycles. The topological polar surface area (TPSA) is 84.5 Å². The summed E-state index contributed by atoms with van der Waals surface area (Å²) in [5.74, 6) is 0.969. The van der Waals surface area contributed by atoms with Gasteiger partial charge in [0.2, 0.25) is 0 Å². The molecule has 1 aromatic carbocycles. The van der Waals surface area contributed by atoms with Gasteiger partial charge in [0, 0.05) is 25.9 Å². The van der Waals surface area contributed by atoms with Crippen LogP contribution in [0.5, 0.6) is 5.75 Å². The summed E-state index contributed by atoms with van der Waals surface area (Å²) in [6.45, 7) is 3.38. The average Bonchev–Trinajstić information content (AvgIpc) is 3.18. The molecule has 7 nitrogen and oxygen atoms in total. The molecule has 1 fully saturated rings. The Labute approximate surface area is 158 Å². The SMILES string of the molecule is COc1ccc(CCN(C[C@H]2CCCO2)C(=O)c2cnc(C)[nH]c2=O)cc1. The van der Waals surface area contributed by atoms with E-state index in [1.54, 1.807) is 18.9 Å². The van der Waals surface area contributed by atoms with Crippen molar-refractivity contribution in [2.75, 3.05) is 26.8 Å². The molecule has 1 aromatic heterocycles. The van der Waals surface area contributed by atoms with Gasteiger partial charge < -0.3 is 19.4 Å². The van der Waals surface area contributed by atoms with Crippen LogP contribution >= 0.6 is 0 Å². The van der Waals surface area contributed by atoms with Crippen LogP contribution in [-0.4, -0.2) is 53.7 Å². The fraction of sp³-hybridized carbons (Fsp3) is 0.450. The fourth-order valence-corrected chi connectivity index (χ4v) is 3.17. The number of amides is 1. The van der Waals surface area contributed by atoms with Crippen LogP contribution in [0.3, 0.4) is 0 Å². The van der Waals surface area contributed by atoms with E-state index in [9.17, 15) is 9.59 Å². The van der Waals surface area contributed by atoms with Crippen molar-refractivity contribution in [3.05, 3.63) is 57.8 Å². The van der Waals surface area contributed by atoms with Crippen LogP contribution in [0.2, 0.25) is 0 Å². The summed E-state index contributed by atoms with van der Waals surface area (Å²) in [6, 6.07) is 7.76. The molecule has 0 saturated carbocycles. The number of hydrogen-bond acceptors (Lipinski definition) is 5. The third-order valence-corrected chi connectivity index (χ3v) is 4.72. The molecule has 0 bridgehead atoms. The number of ether oxygens (including phenoxy) is 2. The van der Waals surface area contributed by atoms with Gasteiger partial charge in [0.15, 0.2) is 0 Å². The van der Waals surface area contributed by atoms with Crippen molar-refractivity contribution in [2.45, 2.75) is 32.3 Å². The molecular formula is C20H25N3O4. The number of rotatable bonds is 7. The van der Waals surface area contributed by atoms with E-state index in [1.807, 2.05) is 24.3 Å². The molecular weight excluding hydrogens is 346 g/mol. The van der Waals surface area contributed by atoms with Crippen molar-refractivity contribution in [1.82, 2.24) is 14.9 Å². The van der Waals surface area contributed by atoms with Crippen LogP contribution < -0.4 is 10.3 Å². The van der Waals surface area contributed by atoms with Crippen molar-refractivity contribution in [3.63, 3.8) is 0 Å². The van der Waals surface area contributed by atoms with Crippen LogP contribution in [0.15, 0.2) is 35.3 Å². The molecule has 0 unspecified atom stereocenters. The molecule has 2 heterocycles. The van der Waals surface area contributed by atoms with Crippen LogP contribution in [0.4, 0.5) is 0 Å². The van der Waals surface area contributed by atoms with Crippen molar-refractivity contribution in [3.8, 4) is 5.75 Å². The summed E-state index contributed by atoms with van der Waals surface area (Å²) in [7, 11) is 1.63. The molecule has 1 amide bonds. The lowest BCUT2D eigenvalue weighted by Gasteiger charge is -2.25. The minimum Gasteiger partial charge on any atom is -0.497 e. The minimum atomic E-state index is -0.408. The molecule has 1 aliphatic heterocycles. The van der Waals surface area contributed by atoms with Crippen molar-refractivity contribution in [1.29, 1.82) is 0 Å². The molecule has 2 aromatic rings. The standard InChI is InChI=1S/C20H25N3O4/c1-14-21-12-18(19(24)22-14)20(25)23(13-17-4-3-11-27-17)10-9-15-5-7-16(26-2)8-6-15/h5-8,12,17H,3-4,9-11,13H2,1-2H3,(H,21,22,24)/t17-/m1/s1. The Kier molecular flexibility index (Phi) is 6.24. The molecule has 0 radical (unpaired) electrons. The van der Waals surface area contributed by atoms with Crippen LogP contribution in [0.1, 0.15) is 34.6 Å². The van der Waals surface area contributed by atoms with E-state index in [0.29, 0.717) is 25.3 Å². The highest BCUT2D eigenvalue weighted by Crippen LogP contribution is 2.16. The zero-order chi connectivity index (χ0) is 19.2. The predicted molar refractivity (Wildman–Crippen MR) is 101 cm³/mol. The summed E-state index contributed by atoms with van der Waals surface area (Å²) in [5, 5.41) is 0. The number of methoxy groups -OCH3 is 1. The molecule has 144 valence electrons. The Bertz CT molecular complexity index is 826. The summed E-state index contributed by atoms with van der Waals surface area (Å²) in [5.41, 5.74) is 0.750. The maximum Gasteiger partial charge on any atom is 0.263 e. The second-order valence-electron chi connectivity index (χ2n) is 6.70. The van der Waals surface area contributed by atoms with Gasteiger partial charge in [0.25, 0.3) is 11.5 Å². The van der Waals surface area contributed by atoms with Crippen molar-refractivity contribution in [2.24, 2.45) is 0 Å². The number of benzene rings is 1. The highest BCUT2D eigenvalue weighted by Gasteiger charge is 2.25. The van der Waals surface area contributed by atoms with Crippen molar-refractivity contribution < 1.29 is 14.3 Å². The van der Waals surface area contributed by atoms with Gasteiger partial charge in [-0.2, -0.15) is 0 Å². The second-order valence-corrected chi connectivity index (χ2v) is 6.70. The number of hydrogen-bond donors (Lipinski definition) is 1. The first kappa shape index (κ1) is 19.1. The van der Waals surface area contributed by atoms with E-state index in [2.05, 4.69) is 9.97 Å². The van der Waals surface area contributed by atoms with Gasteiger partial charge in [-0.15, -0.1) is 0 Å². The average molecular weight is 371 g/mol. The number of H-pyrrole nitrogens is 1. The van der Waals surface area contributed by atoms with E-state index in [-0.39, 0.29) is 17.6 Å². The minimum absolute atomic E-state index is 0.0160. The van der Waals surface area contributed by atoms with Gasteiger partial charge in [0.05, 0.1) is 13.2 Å². The van der Waals surface area contributed by atoms with Crippen LogP contribution in [0, 0.1) is 6.92 Å². The molecule has 1 aliphatic rings. The predicted octanol–water partition coefficient (Wildman–Crippen LogP) is 1.95. The smallest absolute Gasteiger partial charge is 0.263 e. The van der Waals surface area contributed by atoms with Crippen LogP contribution in [-0.2, 0) is 11.2 Å². The Morgan fingerprint density at radius 3 is 2.78 bits per heavy atom. The molecule has 7 heteroatoms. The summed E-state index contributed by atoms with van der Waals surface area (Å²) >= 11 is 0. The maximum absolute atomic E-state index is 13.0. The number of nitrogens with one attached hydrogen (secondary N) is 1. The summed E-state index contributed by atoms with van der Waals surface area (Å²) in [6.07, 6.45) is 3.97.